The summed E-state index contributed by atoms with van der Waals surface area (Å²) in [5.41, 5.74) is 1.19. The molecule has 0 aliphatic heterocycles. The van der Waals surface area contributed by atoms with Crippen LogP contribution in [0.4, 0.5) is 5.69 Å². The van der Waals surface area contributed by atoms with E-state index in [1.807, 2.05) is 30.3 Å². The van der Waals surface area contributed by atoms with Crippen molar-refractivity contribution in [3.8, 4) is 0 Å². The lowest BCUT2D eigenvalue weighted by atomic mass is 10.2. The first-order valence-corrected chi connectivity index (χ1v) is 12.0. The number of carbonyl (C=O) groups is 1. The Hall–Kier alpha value is -2.58. The molecule has 0 saturated heterocycles. The van der Waals surface area contributed by atoms with E-state index in [1.54, 1.807) is 18.2 Å². The Bertz CT molecular complexity index is 1140. The molecule has 3 aromatic carbocycles. The van der Waals surface area contributed by atoms with Crippen LogP contribution in [0.2, 0.25) is 10.0 Å². The number of benzene rings is 3. The fourth-order valence-electron chi connectivity index (χ4n) is 2.92. The zero-order chi connectivity index (χ0) is 23.0. The molecule has 0 atom stereocenters. The first-order chi connectivity index (χ1) is 15.4. The summed E-state index contributed by atoms with van der Waals surface area (Å²) >= 11 is 12.2. The molecule has 0 unspecified atom stereocenters. The van der Waals surface area contributed by atoms with Crippen LogP contribution < -0.4 is 9.62 Å². The van der Waals surface area contributed by atoms with Gasteiger partial charge in [-0.05, 0) is 35.9 Å². The molecule has 32 heavy (non-hydrogen) atoms. The van der Waals surface area contributed by atoms with Gasteiger partial charge in [0.2, 0.25) is 5.91 Å². The smallest absolute Gasteiger partial charge is 0.264 e. The lowest BCUT2D eigenvalue weighted by molar-refractivity contribution is -0.119. The van der Waals surface area contributed by atoms with Gasteiger partial charge in [0, 0.05) is 11.6 Å². The quantitative estimate of drug-likeness (QED) is 0.422. The summed E-state index contributed by atoms with van der Waals surface area (Å²) in [5.74, 6) is -0.487. The Kier molecular flexibility index (Phi) is 8.53. The molecule has 168 valence electrons. The number of rotatable bonds is 10. The van der Waals surface area contributed by atoms with Crippen LogP contribution in [0.3, 0.4) is 0 Å². The highest BCUT2D eigenvalue weighted by atomic mass is 35.5. The topological polar surface area (TPSA) is 75.7 Å². The van der Waals surface area contributed by atoms with Crippen molar-refractivity contribution in [1.82, 2.24) is 5.32 Å². The SMILES string of the molecule is O=C(CN(c1ccc(Cl)cc1Cl)S(=O)(=O)c1ccccc1)NCCOCc1ccccc1. The van der Waals surface area contributed by atoms with Crippen molar-refractivity contribution in [2.75, 3.05) is 24.0 Å². The van der Waals surface area contributed by atoms with Crippen LogP contribution in [0.25, 0.3) is 0 Å². The van der Waals surface area contributed by atoms with Gasteiger partial charge in [-0.3, -0.25) is 9.10 Å². The second-order valence-corrected chi connectivity index (χ2v) is 9.51. The Morgan fingerprint density at radius 3 is 2.25 bits per heavy atom. The number of amides is 1. The van der Waals surface area contributed by atoms with Crippen LogP contribution in [-0.4, -0.2) is 34.0 Å². The summed E-state index contributed by atoms with van der Waals surface area (Å²) in [7, 11) is -4.04. The third-order valence-electron chi connectivity index (χ3n) is 4.48. The molecular weight excluding hydrogens is 471 g/mol. The van der Waals surface area contributed by atoms with Gasteiger partial charge >= 0.3 is 0 Å². The molecule has 0 radical (unpaired) electrons. The lowest BCUT2D eigenvalue weighted by Crippen LogP contribution is -2.41. The van der Waals surface area contributed by atoms with Crippen molar-refractivity contribution < 1.29 is 17.9 Å². The average Bonchev–Trinajstić information content (AvgIpc) is 2.79. The molecule has 0 bridgehead atoms. The number of nitrogens with zero attached hydrogens (tertiary/aromatic N) is 1. The van der Waals surface area contributed by atoms with Gasteiger partial charge in [0.05, 0.1) is 28.8 Å². The summed E-state index contributed by atoms with van der Waals surface area (Å²) in [6.45, 7) is 0.496. The Morgan fingerprint density at radius 1 is 0.938 bits per heavy atom. The van der Waals surface area contributed by atoms with E-state index in [2.05, 4.69) is 5.32 Å². The number of halogens is 2. The van der Waals surface area contributed by atoms with Gasteiger partial charge < -0.3 is 10.1 Å². The maximum Gasteiger partial charge on any atom is 0.264 e. The molecule has 3 rings (SSSR count). The van der Waals surface area contributed by atoms with Gasteiger partial charge in [-0.1, -0.05) is 71.7 Å². The molecule has 6 nitrogen and oxygen atoms in total. The van der Waals surface area contributed by atoms with Crippen molar-refractivity contribution in [1.29, 1.82) is 0 Å². The number of hydrogen-bond acceptors (Lipinski definition) is 4. The number of carbonyl (C=O) groups excluding carboxylic acids is 1. The Balaban J connectivity index is 1.68. The molecule has 0 aromatic heterocycles. The molecule has 0 fully saturated rings. The Morgan fingerprint density at radius 2 is 1.59 bits per heavy atom. The van der Waals surface area contributed by atoms with E-state index in [0.717, 1.165) is 9.87 Å². The largest absolute Gasteiger partial charge is 0.375 e. The first-order valence-electron chi connectivity index (χ1n) is 9.79. The average molecular weight is 493 g/mol. The first kappa shape index (κ1) is 24.1. The van der Waals surface area contributed by atoms with E-state index in [-0.39, 0.29) is 28.8 Å². The van der Waals surface area contributed by atoms with Gasteiger partial charge in [-0.15, -0.1) is 0 Å². The summed E-state index contributed by atoms with van der Waals surface area (Å²) < 4.78 is 33.1. The molecule has 0 spiro atoms. The minimum atomic E-state index is -4.04. The van der Waals surface area contributed by atoms with E-state index >= 15 is 0 Å². The van der Waals surface area contributed by atoms with Crippen LogP contribution in [0.15, 0.2) is 83.8 Å². The minimum absolute atomic E-state index is 0.0463. The monoisotopic (exact) mass is 492 g/mol. The third kappa shape index (κ3) is 6.46. The van der Waals surface area contributed by atoms with E-state index in [0.29, 0.717) is 11.6 Å². The van der Waals surface area contributed by atoms with Crippen LogP contribution >= 0.6 is 23.2 Å². The number of anilines is 1. The highest BCUT2D eigenvalue weighted by molar-refractivity contribution is 7.92. The van der Waals surface area contributed by atoms with E-state index in [4.69, 9.17) is 27.9 Å². The fourth-order valence-corrected chi connectivity index (χ4v) is 4.94. The Labute approximate surface area is 197 Å². The summed E-state index contributed by atoms with van der Waals surface area (Å²) in [6.07, 6.45) is 0. The van der Waals surface area contributed by atoms with Crippen molar-refractivity contribution in [3.63, 3.8) is 0 Å². The van der Waals surface area contributed by atoms with Crippen LogP contribution in [0.5, 0.6) is 0 Å². The number of sulfonamides is 1. The van der Waals surface area contributed by atoms with Crippen molar-refractivity contribution >= 4 is 44.8 Å². The van der Waals surface area contributed by atoms with Crippen molar-refractivity contribution in [2.45, 2.75) is 11.5 Å². The highest BCUT2D eigenvalue weighted by Crippen LogP contribution is 2.32. The molecule has 9 heteroatoms. The molecule has 0 aliphatic carbocycles. The number of ether oxygens (including phenoxy) is 1. The maximum atomic E-state index is 13.3. The molecule has 0 aliphatic rings. The highest BCUT2D eigenvalue weighted by Gasteiger charge is 2.28. The van der Waals surface area contributed by atoms with E-state index in [1.165, 1.54) is 30.3 Å². The predicted octanol–water partition coefficient (Wildman–Crippen LogP) is 4.52. The molecule has 1 amide bonds. The van der Waals surface area contributed by atoms with Crippen molar-refractivity contribution in [2.24, 2.45) is 0 Å². The zero-order valence-electron chi connectivity index (χ0n) is 17.1. The minimum Gasteiger partial charge on any atom is -0.375 e. The molecule has 1 N–H and O–H groups in total. The van der Waals surface area contributed by atoms with Crippen LogP contribution in [-0.2, 0) is 26.2 Å². The van der Waals surface area contributed by atoms with Crippen LogP contribution in [0.1, 0.15) is 5.56 Å². The van der Waals surface area contributed by atoms with Gasteiger partial charge in [0.15, 0.2) is 0 Å². The second-order valence-electron chi connectivity index (χ2n) is 6.81. The number of nitrogens with one attached hydrogen (secondary N) is 1. The van der Waals surface area contributed by atoms with Gasteiger partial charge in [-0.25, -0.2) is 8.42 Å². The van der Waals surface area contributed by atoms with E-state index < -0.39 is 22.5 Å². The second kappa shape index (κ2) is 11.3. The summed E-state index contributed by atoms with van der Waals surface area (Å²) in [6, 6.07) is 21.9. The van der Waals surface area contributed by atoms with Gasteiger partial charge in [0.25, 0.3) is 10.0 Å². The van der Waals surface area contributed by atoms with Crippen LogP contribution in [0, 0.1) is 0 Å². The predicted molar refractivity (Wildman–Crippen MR) is 127 cm³/mol. The zero-order valence-corrected chi connectivity index (χ0v) is 19.4. The van der Waals surface area contributed by atoms with Gasteiger partial charge in [0.1, 0.15) is 6.54 Å². The lowest BCUT2D eigenvalue weighted by Gasteiger charge is -2.25. The summed E-state index contributed by atoms with van der Waals surface area (Å²) in [5, 5.41) is 3.16. The molecular formula is C23H22Cl2N2O4S. The summed E-state index contributed by atoms with van der Waals surface area (Å²) in [4.78, 5) is 12.6. The standard InChI is InChI=1S/C23H22Cl2N2O4S/c24-19-11-12-22(21(25)15-19)27(32(29,30)20-9-5-2-6-10-20)16-23(28)26-13-14-31-17-18-7-3-1-4-8-18/h1-12,15H,13-14,16-17H2,(H,26,28). The third-order valence-corrected chi connectivity index (χ3v) is 6.79. The molecule has 0 saturated carbocycles. The normalized spacial score (nSPS) is 11.2. The molecule has 0 heterocycles. The maximum absolute atomic E-state index is 13.3. The molecule has 3 aromatic rings. The number of hydrogen-bond donors (Lipinski definition) is 1. The van der Waals surface area contributed by atoms with Gasteiger partial charge in [-0.2, -0.15) is 0 Å². The van der Waals surface area contributed by atoms with Crippen molar-refractivity contribution in [3.05, 3.63) is 94.5 Å². The van der Waals surface area contributed by atoms with E-state index in [9.17, 15) is 13.2 Å². The fraction of sp³-hybridized carbons (Fsp3) is 0.174.